The number of nitrogens with one attached hydrogen (secondary N) is 2. The zero-order chi connectivity index (χ0) is 13.0. The summed E-state index contributed by atoms with van der Waals surface area (Å²) in [6.07, 6.45) is 1.41. The Morgan fingerprint density at radius 3 is 2.78 bits per heavy atom. The van der Waals surface area contributed by atoms with Gasteiger partial charge in [-0.15, -0.1) is 0 Å². The van der Waals surface area contributed by atoms with Crippen molar-refractivity contribution >= 4 is 11.6 Å². The van der Waals surface area contributed by atoms with Crippen molar-refractivity contribution in [2.75, 3.05) is 5.32 Å². The van der Waals surface area contributed by atoms with Crippen LogP contribution in [-0.4, -0.2) is 10.9 Å². The van der Waals surface area contributed by atoms with E-state index in [1.165, 1.54) is 24.4 Å². The van der Waals surface area contributed by atoms with Gasteiger partial charge in [-0.2, -0.15) is 5.26 Å². The van der Waals surface area contributed by atoms with Gasteiger partial charge in [0.1, 0.15) is 0 Å². The van der Waals surface area contributed by atoms with Crippen LogP contribution in [0.3, 0.4) is 0 Å². The predicted octanol–water partition coefficient (Wildman–Crippen LogP) is 1.50. The molecule has 5 heteroatoms. The SMILES string of the molecule is N#Cc1cccc(C(=O)Nc2ccc(=O)[nH]c2)c1. The number of carbonyl (C=O) groups excluding carboxylic acids is 1. The molecular weight excluding hydrogens is 230 g/mol. The molecule has 0 atom stereocenters. The van der Waals surface area contributed by atoms with Crippen molar-refractivity contribution in [1.29, 1.82) is 5.26 Å². The number of anilines is 1. The van der Waals surface area contributed by atoms with Crippen molar-refractivity contribution in [3.63, 3.8) is 0 Å². The summed E-state index contributed by atoms with van der Waals surface area (Å²) in [5, 5.41) is 11.4. The number of aromatic nitrogens is 1. The number of nitrogens with zero attached hydrogens (tertiary/aromatic N) is 1. The molecule has 18 heavy (non-hydrogen) atoms. The minimum atomic E-state index is -0.334. The van der Waals surface area contributed by atoms with Gasteiger partial charge in [0.05, 0.1) is 17.3 Å². The van der Waals surface area contributed by atoms with Crippen LogP contribution in [0.5, 0.6) is 0 Å². The molecule has 0 radical (unpaired) electrons. The number of rotatable bonds is 2. The summed E-state index contributed by atoms with van der Waals surface area (Å²) in [4.78, 5) is 25.2. The van der Waals surface area contributed by atoms with E-state index in [0.717, 1.165) is 0 Å². The summed E-state index contributed by atoms with van der Waals surface area (Å²) in [7, 11) is 0. The van der Waals surface area contributed by atoms with Crippen LogP contribution in [0, 0.1) is 11.3 Å². The van der Waals surface area contributed by atoms with E-state index in [9.17, 15) is 9.59 Å². The number of hydrogen-bond acceptors (Lipinski definition) is 3. The Kier molecular flexibility index (Phi) is 3.21. The minimum absolute atomic E-state index is 0.237. The van der Waals surface area contributed by atoms with Crippen LogP contribution in [0.15, 0.2) is 47.4 Å². The molecule has 0 fully saturated rings. The fourth-order valence-corrected chi connectivity index (χ4v) is 1.42. The molecule has 0 bridgehead atoms. The molecule has 1 aromatic carbocycles. The Morgan fingerprint density at radius 1 is 1.28 bits per heavy atom. The van der Waals surface area contributed by atoms with E-state index in [-0.39, 0.29) is 11.5 Å². The molecule has 0 unspecified atom stereocenters. The van der Waals surface area contributed by atoms with E-state index in [1.807, 2.05) is 6.07 Å². The summed E-state index contributed by atoms with van der Waals surface area (Å²) in [6, 6.07) is 11.2. The van der Waals surface area contributed by atoms with E-state index >= 15 is 0 Å². The van der Waals surface area contributed by atoms with E-state index in [1.54, 1.807) is 18.2 Å². The van der Waals surface area contributed by atoms with Gasteiger partial charge < -0.3 is 10.3 Å². The molecule has 0 aliphatic rings. The van der Waals surface area contributed by atoms with Crippen molar-refractivity contribution in [3.8, 4) is 6.07 Å². The second kappa shape index (κ2) is 4.97. The highest BCUT2D eigenvalue weighted by Crippen LogP contribution is 2.08. The molecule has 5 nitrogen and oxygen atoms in total. The average molecular weight is 239 g/mol. The number of amides is 1. The van der Waals surface area contributed by atoms with Crippen molar-refractivity contribution < 1.29 is 4.79 Å². The molecule has 2 N–H and O–H groups in total. The van der Waals surface area contributed by atoms with Gasteiger partial charge in [-0.25, -0.2) is 0 Å². The van der Waals surface area contributed by atoms with Crippen LogP contribution in [0.25, 0.3) is 0 Å². The summed E-state index contributed by atoms with van der Waals surface area (Å²) < 4.78 is 0. The molecule has 0 aliphatic heterocycles. The van der Waals surface area contributed by atoms with Gasteiger partial charge in [-0.3, -0.25) is 9.59 Å². The lowest BCUT2D eigenvalue weighted by Gasteiger charge is -2.04. The third-order valence-corrected chi connectivity index (χ3v) is 2.30. The fraction of sp³-hybridized carbons (Fsp3) is 0. The Labute approximate surface area is 103 Å². The van der Waals surface area contributed by atoms with Gasteiger partial charge in [0, 0.05) is 17.8 Å². The van der Waals surface area contributed by atoms with Gasteiger partial charge in [0.2, 0.25) is 5.56 Å². The van der Waals surface area contributed by atoms with Crippen molar-refractivity contribution in [2.45, 2.75) is 0 Å². The smallest absolute Gasteiger partial charge is 0.255 e. The number of nitriles is 1. The van der Waals surface area contributed by atoms with Crippen LogP contribution in [0.4, 0.5) is 5.69 Å². The normalized spacial score (nSPS) is 9.50. The number of benzene rings is 1. The first kappa shape index (κ1) is 11.6. The second-order valence-corrected chi connectivity index (χ2v) is 3.59. The van der Waals surface area contributed by atoms with E-state index in [4.69, 9.17) is 5.26 Å². The molecule has 1 aromatic heterocycles. The highest BCUT2D eigenvalue weighted by atomic mass is 16.1. The highest BCUT2D eigenvalue weighted by Gasteiger charge is 2.06. The Bertz CT molecular complexity index is 663. The van der Waals surface area contributed by atoms with E-state index < -0.39 is 0 Å². The number of pyridine rings is 1. The average Bonchev–Trinajstić information content (AvgIpc) is 2.41. The van der Waals surface area contributed by atoms with Crippen LogP contribution < -0.4 is 10.9 Å². The zero-order valence-corrected chi connectivity index (χ0v) is 9.31. The molecule has 0 aliphatic carbocycles. The Hall–Kier alpha value is -2.87. The quantitative estimate of drug-likeness (QED) is 0.832. The summed E-state index contributed by atoms with van der Waals surface area (Å²) in [6.45, 7) is 0. The fourth-order valence-electron chi connectivity index (χ4n) is 1.42. The molecule has 0 saturated carbocycles. The standard InChI is InChI=1S/C13H9N3O2/c14-7-9-2-1-3-10(6-9)13(18)16-11-4-5-12(17)15-8-11/h1-6,8H,(H,15,17)(H,16,18). The van der Waals surface area contributed by atoms with Gasteiger partial charge in [0.15, 0.2) is 0 Å². The maximum atomic E-state index is 11.9. The third kappa shape index (κ3) is 2.62. The summed E-state index contributed by atoms with van der Waals surface area (Å²) in [5.74, 6) is -0.334. The molecule has 0 spiro atoms. The largest absolute Gasteiger partial charge is 0.327 e. The monoisotopic (exact) mass is 239 g/mol. The first-order valence-electron chi connectivity index (χ1n) is 5.19. The predicted molar refractivity (Wildman–Crippen MR) is 66.2 cm³/mol. The summed E-state index contributed by atoms with van der Waals surface area (Å²) >= 11 is 0. The molecule has 1 heterocycles. The lowest BCUT2D eigenvalue weighted by atomic mass is 10.1. The first-order chi connectivity index (χ1) is 8.69. The van der Waals surface area contributed by atoms with E-state index in [0.29, 0.717) is 16.8 Å². The number of hydrogen-bond donors (Lipinski definition) is 2. The lowest BCUT2D eigenvalue weighted by molar-refractivity contribution is 0.102. The van der Waals surface area contributed by atoms with Crippen molar-refractivity contribution in [3.05, 3.63) is 64.1 Å². The molecule has 2 rings (SSSR count). The van der Waals surface area contributed by atoms with Gasteiger partial charge in [-0.1, -0.05) is 6.07 Å². The number of H-pyrrole nitrogens is 1. The highest BCUT2D eigenvalue weighted by molar-refractivity contribution is 6.04. The van der Waals surface area contributed by atoms with Crippen LogP contribution in [-0.2, 0) is 0 Å². The van der Waals surface area contributed by atoms with Crippen LogP contribution in [0.2, 0.25) is 0 Å². The Morgan fingerprint density at radius 2 is 2.11 bits per heavy atom. The Balaban J connectivity index is 2.19. The van der Waals surface area contributed by atoms with Crippen molar-refractivity contribution in [1.82, 2.24) is 4.98 Å². The third-order valence-electron chi connectivity index (χ3n) is 2.30. The van der Waals surface area contributed by atoms with Crippen LogP contribution >= 0.6 is 0 Å². The van der Waals surface area contributed by atoms with Crippen LogP contribution in [0.1, 0.15) is 15.9 Å². The molecule has 0 saturated heterocycles. The van der Waals surface area contributed by atoms with Gasteiger partial charge >= 0.3 is 0 Å². The van der Waals surface area contributed by atoms with Gasteiger partial charge in [-0.05, 0) is 24.3 Å². The number of aromatic amines is 1. The molecule has 2 aromatic rings. The maximum Gasteiger partial charge on any atom is 0.255 e. The molecular formula is C13H9N3O2. The lowest BCUT2D eigenvalue weighted by Crippen LogP contribution is -2.13. The molecule has 1 amide bonds. The molecule has 88 valence electrons. The van der Waals surface area contributed by atoms with E-state index in [2.05, 4.69) is 10.3 Å². The number of carbonyl (C=O) groups is 1. The summed E-state index contributed by atoms with van der Waals surface area (Å²) in [5.41, 5.74) is 1.06. The zero-order valence-electron chi connectivity index (χ0n) is 9.31. The van der Waals surface area contributed by atoms with Gasteiger partial charge in [0.25, 0.3) is 5.91 Å². The minimum Gasteiger partial charge on any atom is -0.327 e. The first-order valence-corrected chi connectivity index (χ1v) is 5.19. The maximum absolute atomic E-state index is 11.9. The topological polar surface area (TPSA) is 85.8 Å². The second-order valence-electron chi connectivity index (χ2n) is 3.59. The van der Waals surface area contributed by atoms with Crippen molar-refractivity contribution in [2.24, 2.45) is 0 Å².